The van der Waals surface area contributed by atoms with E-state index in [0.29, 0.717) is 13.2 Å². The van der Waals surface area contributed by atoms with Crippen LogP contribution in [0.5, 0.6) is 0 Å². The smallest absolute Gasteiger partial charge is 0.407 e. The summed E-state index contributed by atoms with van der Waals surface area (Å²) in [5, 5.41) is 10.4. The molecule has 1 unspecified atom stereocenters. The first-order chi connectivity index (χ1) is 10.8. The highest BCUT2D eigenvalue weighted by Gasteiger charge is 2.16. The SMILES string of the molecule is CCn1cc(NC(CCCNC(=O)OC(C)(C)C)COC)cn1. The predicted molar refractivity (Wildman–Crippen MR) is 90.7 cm³/mol. The Morgan fingerprint density at radius 1 is 1.43 bits per heavy atom. The number of aromatic nitrogens is 2. The molecule has 0 radical (unpaired) electrons. The van der Waals surface area contributed by atoms with Crippen molar-refractivity contribution < 1.29 is 14.3 Å². The van der Waals surface area contributed by atoms with Crippen molar-refractivity contribution in [3.05, 3.63) is 12.4 Å². The molecule has 0 spiro atoms. The van der Waals surface area contributed by atoms with E-state index in [2.05, 4.69) is 15.7 Å². The number of carbonyl (C=O) groups is 1. The number of carbonyl (C=O) groups excluding carboxylic acids is 1. The average molecular weight is 326 g/mol. The van der Waals surface area contributed by atoms with Crippen molar-refractivity contribution in [2.45, 2.75) is 58.7 Å². The zero-order valence-electron chi connectivity index (χ0n) is 14.9. The van der Waals surface area contributed by atoms with Crippen LogP contribution in [0.25, 0.3) is 0 Å². The Bertz CT molecular complexity index is 468. The lowest BCUT2D eigenvalue weighted by Crippen LogP contribution is -2.33. The average Bonchev–Trinajstić information content (AvgIpc) is 2.89. The normalized spacial score (nSPS) is 12.7. The Hall–Kier alpha value is -1.76. The van der Waals surface area contributed by atoms with Crippen molar-refractivity contribution in [2.75, 3.05) is 25.6 Å². The first-order valence-electron chi connectivity index (χ1n) is 8.09. The molecule has 1 aromatic rings. The number of rotatable bonds is 9. The van der Waals surface area contributed by atoms with Crippen LogP contribution in [-0.4, -0.2) is 47.8 Å². The Morgan fingerprint density at radius 2 is 2.17 bits per heavy atom. The fourth-order valence-electron chi connectivity index (χ4n) is 2.10. The minimum atomic E-state index is -0.469. The minimum Gasteiger partial charge on any atom is -0.444 e. The lowest BCUT2D eigenvalue weighted by atomic mass is 10.1. The lowest BCUT2D eigenvalue weighted by molar-refractivity contribution is 0.0526. The van der Waals surface area contributed by atoms with E-state index in [9.17, 15) is 4.79 Å². The number of ether oxygens (including phenoxy) is 2. The maximum absolute atomic E-state index is 11.6. The Morgan fingerprint density at radius 3 is 2.74 bits per heavy atom. The summed E-state index contributed by atoms with van der Waals surface area (Å²) < 4.78 is 12.3. The molecule has 1 heterocycles. The number of anilines is 1. The van der Waals surface area contributed by atoms with E-state index in [1.807, 2.05) is 44.8 Å². The number of nitrogens with one attached hydrogen (secondary N) is 2. The van der Waals surface area contributed by atoms with Gasteiger partial charge >= 0.3 is 6.09 Å². The van der Waals surface area contributed by atoms with Crippen molar-refractivity contribution >= 4 is 11.8 Å². The minimum absolute atomic E-state index is 0.176. The van der Waals surface area contributed by atoms with Gasteiger partial charge in [-0.3, -0.25) is 4.68 Å². The molecule has 0 bridgehead atoms. The molecule has 7 nitrogen and oxygen atoms in total. The molecule has 0 aliphatic rings. The molecule has 132 valence electrons. The third kappa shape index (κ3) is 8.44. The zero-order chi connectivity index (χ0) is 17.3. The van der Waals surface area contributed by atoms with Gasteiger partial charge in [-0.05, 0) is 40.5 Å². The van der Waals surface area contributed by atoms with Crippen molar-refractivity contribution in [2.24, 2.45) is 0 Å². The summed E-state index contributed by atoms with van der Waals surface area (Å²) in [6.45, 7) is 9.61. The molecule has 0 saturated carbocycles. The van der Waals surface area contributed by atoms with Crippen molar-refractivity contribution in [3.63, 3.8) is 0 Å². The zero-order valence-corrected chi connectivity index (χ0v) is 14.9. The fraction of sp³-hybridized carbons (Fsp3) is 0.750. The molecule has 1 aromatic heterocycles. The molecule has 0 aliphatic carbocycles. The molecule has 1 atom stereocenters. The molecular weight excluding hydrogens is 296 g/mol. The van der Waals surface area contributed by atoms with E-state index in [-0.39, 0.29) is 12.1 Å². The van der Waals surface area contributed by atoms with Crippen LogP contribution in [0.15, 0.2) is 12.4 Å². The molecule has 2 N–H and O–H groups in total. The second-order valence-corrected chi connectivity index (χ2v) is 6.45. The van der Waals surface area contributed by atoms with Crippen LogP contribution < -0.4 is 10.6 Å². The Balaban J connectivity index is 2.31. The first-order valence-corrected chi connectivity index (χ1v) is 8.09. The van der Waals surface area contributed by atoms with Crippen molar-refractivity contribution in [1.82, 2.24) is 15.1 Å². The van der Waals surface area contributed by atoms with E-state index in [1.54, 1.807) is 7.11 Å². The Kier molecular flexibility index (Phi) is 7.88. The van der Waals surface area contributed by atoms with Gasteiger partial charge in [-0.25, -0.2) is 4.79 Å². The summed E-state index contributed by atoms with van der Waals surface area (Å²) in [7, 11) is 1.68. The van der Waals surface area contributed by atoms with Crippen LogP contribution >= 0.6 is 0 Å². The van der Waals surface area contributed by atoms with Crippen molar-refractivity contribution in [1.29, 1.82) is 0 Å². The summed E-state index contributed by atoms with van der Waals surface area (Å²) in [4.78, 5) is 11.6. The van der Waals surface area contributed by atoms with Gasteiger partial charge in [-0.2, -0.15) is 5.10 Å². The molecular formula is C16H30N4O3. The van der Waals surface area contributed by atoms with Gasteiger partial charge in [0.25, 0.3) is 0 Å². The highest BCUT2D eigenvalue weighted by Crippen LogP contribution is 2.10. The molecule has 23 heavy (non-hydrogen) atoms. The van der Waals surface area contributed by atoms with Gasteiger partial charge < -0.3 is 20.1 Å². The standard InChI is InChI=1S/C16H30N4O3/c1-6-20-11-14(10-18-20)19-13(12-22-5)8-7-9-17-15(21)23-16(2,3)4/h10-11,13,19H,6-9,12H2,1-5H3,(H,17,21). The summed E-state index contributed by atoms with van der Waals surface area (Å²) >= 11 is 0. The molecule has 0 fully saturated rings. The molecule has 7 heteroatoms. The summed E-state index contributed by atoms with van der Waals surface area (Å²) in [5.74, 6) is 0. The van der Waals surface area contributed by atoms with Crippen LogP contribution in [0.4, 0.5) is 10.5 Å². The van der Waals surface area contributed by atoms with Gasteiger partial charge in [-0.15, -0.1) is 0 Å². The number of methoxy groups -OCH3 is 1. The largest absolute Gasteiger partial charge is 0.444 e. The van der Waals surface area contributed by atoms with Crippen LogP contribution in [-0.2, 0) is 16.0 Å². The first kappa shape index (κ1) is 19.3. The van der Waals surface area contributed by atoms with Gasteiger partial charge in [-0.1, -0.05) is 0 Å². The third-order valence-corrected chi connectivity index (χ3v) is 3.09. The highest BCUT2D eigenvalue weighted by atomic mass is 16.6. The van der Waals surface area contributed by atoms with Gasteiger partial charge in [0.2, 0.25) is 0 Å². The summed E-state index contributed by atoms with van der Waals surface area (Å²) in [6.07, 6.45) is 5.12. The topological polar surface area (TPSA) is 77.4 Å². The second kappa shape index (κ2) is 9.39. The number of nitrogens with zero attached hydrogens (tertiary/aromatic N) is 2. The van der Waals surface area contributed by atoms with E-state index in [0.717, 1.165) is 25.1 Å². The summed E-state index contributed by atoms with van der Waals surface area (Å²) in [6, 6.07) is 0.176. The van der Waals surface area contributed by atoms with Gasteiger partial charge in [0.15, 0.2) is 0 Å². The van der Waals surface area contributed by atoms with E-state index in [4.69, 9.17) is 9.47 Å². The lowest BCUT2D eigenvalue weighted by Gasteiger charge is -2.20. The number of alkyl carbamates (subject to hydrolysis) is 1. The van der Waals surface area contributed by atoms with Crippen LogP contribution in [0.3, 0.4) is 0 Å². The van der Waals surface area contributed by atoms with E-state index >= 15 is 0 Å². The van der Waals surface area contributed by atoms with Gasteiger partial charge in [0.05, 0.1) is 18.5 Å². The summed E-state index contributed by atoms with van der Waals surface area (Å²) in [5.41, 5.74) is 0.512. The predicted octanol–water partition coefficient (Wildman–Crippen LogP) is 2.63. The molecule has 0 aliphatic heterocycles. The molecule has 1 rings (SSSR count). The highest BCUT2D eigenvalue weighted by molar-refractivity contribution is 5.67. The molecule has 0 saturated heterocycles. The quantitative estimate of drug-likeness (QED) is 0.682. The fourth-order valence-corrected chi connectivity index (χ4v) is 2.10. The van der Waals surface area contributed by atoms with E-state index in [1.165, 1.54) is 0 Å². The number of amides is 1. The number of aryl methyl sites for hydroxylation is 1. The monoisotopic (exact) mass is 326 g/mol. The van der Waals surface area contributed by atoms with Crippen LogP contribution in [0, 0.1) is 0 Å². The van der Waals surface area contributed by atoms with Crippen molar-refractivity contribution in [3.8, 4) is 0 Å². The maximum atomic E-state index is 11.6. The maximum Gasteiger partial charge on any atom is 0.407 e. The molecule has 1 amide bonds. The van der Waals surface area contributed by atoms with Gasteiger partial charge in [0.1, 0.15) is 5.60 Å². The van der Waals surface area contributed by atoms with Gasteiger partial charge in [0, 0.05) is 32.4 Å². The second-order valence-electron chi connectivity index (χ2n) is 6.45. The Labute approximate surface area is 138 Å². The van der Waals surface area contributed by atoms with Crippen LogP contribution in [0.2, 0.25) is 0 Å². The number of hydrogen-bond acceptors (Lipinski definition) is 5. The molecule has 0 aromatic carbocycles. The van der Waals surface area contributed by atoms with Crippen LogP contribution in [0.1, 0.15) is 40.5 Å². The number of hydrogen-bond donors (Lipinski definition) is 2. The third-order valence-electron chi connectivity index (χ3n) is 3.09. The van der Waals surface area contributed by atoms with E-state index < -0.39 is 5.60 Å².